The average Bonchev–Trinajstić information content (AvgIpc) is 3.49. The van der Waals surface area contributed by atoms with Crippen molar-refractivity contribution in [3.05, 3.63) is 101 Å². The van der Waals surface area contributed by atoms with Gasteiger partial charge in [0, 0.05) is 16.3 Å². The van der Waals surface area contributed by atoms with E-state index in [9.17, 15) is 9.18 Å². The third-order valence-corrected chi connectivity index (χ3v) is 5.68. The molecule has 0 saturated carbocycles. The Morgan fingerprint density at radius 2 is 1.97 bits per heavy atom. The summed E-state index contributed by atoms with van der Waals surface area (Å²) >= 11 is 5.98. The van der Waals surface area contributed by atoms with E-state index in [4.69, 9.17) is 20.5 Å². The van der Waals surface area contributed by atoms with Gasteiger partial charge in [-0.15, -0.1) is 0 Å². The number of amides is 2. The van der Waals surface area contributed by atoms with E-state index in [1.54, 1.807) is 61.7 Å². The molecule has 2 amide bonds. The lowest BCUT2D eigenvalue weighted by atomic mass is 9.94. The maximum Gasteiger partial charge on any atom is 0.322 e. The number of carbonyl (C=O) groups excluding carboxylic acids is 1. The minimum absolute atomic E-state index is 0.211. The van der Waals surface area contributed by atoms with Crippen LogP contribution < -0.4 is 5.32 Å². The molecule has 2 aromatic heterocycles. The van der Waals surface area contributed by atoms with E-state index in [0.29, 0.717) is 33.4 Å². The first-order valence-corrected chi connectivity index (χ1v) is 10.5. The van der Waals surface area contributed by atoms with Crippen LogP contribution in [0.25, 0.3) is 17.0 Å². The standard InChI is InChI=1S/C24H18ClFN4O3/c1-14-20(23-28-22(29-33-23)15-7-9-17(25)10-8-15)21(16-4-2-5-18(26)12-16)27-24(31)30(14)13-19-6-3-11-32-19/h2-12,21H,13H2,1H3,(H,27,31). The van der Waals surface area contributed by atoms with Crippen LogP contribution in [0.1, 0.15) is 30.2 Å². The van der Waals surface area contributed by atoms with Crippen molar-refractivity contribution < 1.29 is 18.1 Å². The zero-order valence-corrected chi connectivity index (χ0v) is 18.2. The van der Waals surface area contributed by atoms with E-state index in [-0.39, 0.29) is 18.5 Å². The van der Waals surface area contributed by atoms with Gasteiger partial charge >= 0.3 is 6.03 Å². The van der Waals surface area contributed by atoms with Crippen molar-refractivity contribution in [1.82, 2.24) is 20.4 Å². The lowest BCUT2D eigenvalue weighted by Crippen LogP contribution is -2.45. The normalized spacial score (nSPS) is 16.3. The highest BCUT2D eigenvalue weighted by Crippen LogP contribution is 2.38. The molecule has 0 radical (unpaired) electrons. The first-order valence-electron chi connectivity index (χ1n) is 10.2. The fourth-order valence-electron chi connectivity index (χ4n) is 3.79. The number of aromatic nitrogens is 2. The molecule has 5 rings (SSSR count). The summed E-state index contributed by atoms with van der Waals surface area (Å²) in [6.45, 7) is 2.00. The molecule has 166 valence electrons. The molecule has 0 fully saturated rings. The summed E-state index contributed by atoms with van der Waals surface area (Å²) in [6, 6.07) is 15.6. The van der Waals surface area contributed by atoms with Gasteiger partial charge in [-0.05, 0) is 61.0 Å². The number of nitrogens with zero attached hydrogens (tertiary/aromatic N) is 3. The second-order valence-electron chi connectivity index (χ2n) is 7.53. The zero-order chi connectivity index (χ0) is 22.9. The third kappa shape index (κ3) is 4.12. The quantitative estimate of drug-likeness (QED) is 0.402. The molecule has 1 atom stereocenters. The van der Waals surface area contributed by atoms with Crippen LogP contribution in [0.3, 0.4) is 0 Å². The monoisotopic (exact) mass is 464 g/mol. The summed E-state index contributed by atoms with van der Waals surface area (Å²) in [5, 5.41) is 7.63. The van der Waals surface area contributed by atoms with Gasteiger partial charge in [-0.25, -0.2) is 9.18 Å². The molecule has 0 bridgehead atoms. The van der Waals surface area contributed by atoms with Crippen molar-refractivity contribution in [3.63, 3.8) is 0 Å². The van der Waals surface area contributed by atoms with Crippen LogP contribution in [0.15, 0.2) is 81.6 Å². The van der Waals surface area contributed by atoms with Crippen LogP contribution in [0.5, 0.6) is 0 Å². The number of rotatable bonds is 5. The maximum absolute atomic E-state index is 14.0. The Morgan fingerprint density at radius 1 is 1.15 bits per heavy atom. The zero-order valence-electron chi connectivity index (χ0n) is 17.5. The molecule has 33 heavy (non-hydrogen) atoms. The minimum atomic E-state index is -0.681. The summed E-state index contributed by atoms with van der Waals surface area (Å²) in [6.07, 6.45) is 1.54. The van der Waals surface area contributed by atoms with Gasteiger partial charge in [-0.1, -0.05) is 28.9 Å². The van der Waals surface area contributed by atoms with Crippen molar-refractivity contribution in [3.8, 4) is 11.4 Å². The molecular weight excluding hydrogens is 447 g/mol. The van der Waals surface area contributed by atoms with Crippen molar-refractivity contribution in [2.75, 3.05) is 0 Å². The van der Waals surface area contributed by atoms with Gasteiger partial charge in [0.1, 0.15) is 11.6 Å². The molecule has 9 heteroatoms. The van der Waals surface area contributed by atoms with E-state index in [2.05, 4.69) is 15.5 Å². The van der Waals surface area contributed by atoms with E-state index in [0.717, 1.165) is 5.56 Å². The highest BCUT2D eigenvalue weighted by molar-refractivity contribution is 6.30. The molecule has 2 aromatic carbocycles. The molecule has 0 saturated heterocycles. The number of carbonyl (C=O) groups is 1. The first-order chi connectivity index (χ1) is 16.0. The predicted molar refractivity (Wildman–Crippen MR) is 119 cm³/mol. The third-order valence-electron chi connectivity index (χ3n) is 5.43. The van der Waals surface area contributed by atoms with Gasteiger partial charge in [0.25, 0.3) is 5.89 Å². The molecular formula is C24H18ClFN4O3. The number of halogens is 2. The number of benzene rings is 2. The molecule has 1 unspecified atom stereocenters. The highest BCUT2D eigenvalue weighted by atomic mass is 35.5. The van der Waals surface area contributed by atoms with Crippen LogP contribution in [0, 0.1) is 5.82 Å². The fourth-order valence-corrected chi connectivity index (χ4v) is 3.92. The molecule has 7 nitrogen and oxygen atoms in total. The van der Waals surface area contributed by atoms with Gasteiger partial charge in [0.05, 0.1) is 24.4 Å². The number of hydrogen-bond donors (Lipinski definition) is 1. The number of hydrogen-bond acceptors (Lipinski definition) is 5. The number of allylic oxidation sites excluding steroid dienone is 1. The summed E-state index contributed by atoms with van der Waals surface area (Å²) in [5.74, 6) is 0.787. The van der Waals surface area contributed by atoms with Crippen LogP contribution in [-0.2, 0) is 6.54 Å². The Labute approximate surface area is 193 Å². The average molecular weight is 465 g/mol. The van der Waals surface area contributed by atoms with E-state index in [1.807, 2.05) is 0 Å². The van der Waals surface area contributed by atoms with Crippen molar-refractivity contribution in [2.45, 2.75) is 19.5 Å². The summed E-state index contributed by atoms with van der Waals surface area (Å²) in [4.78, 5) is 19.1. The van der Waals surface area contributed by atoms with Crippen LogP contribution >= 0.6 is 11.6 Å². The van der Waals surface area contributed by atoms with E-state index in [1.165, 1.54) is 17.0 Å². The molecule has 1 aliphatic heterocycles. The molecule has 0 aliphatic carbocycles. The van der Waals surface area contributed by atoms with E-state index < -0.39 is 11.9 Å². The Balaban J connectivity index is 1.60. The Kier molecular flexibility index (Phi) is 5.43. The second-order valence-corrected chi connectivity index (χ2v) is 7.97. The van der Waals surface area contributed by atoms with Gasteiger partial charge in [-0.3, -0.25) is 4.90 Å². The Morgan fingerprint density at radius 3 is 2.70 bits per heavy atom. The van der Waals surface area contributed by atoms with Crippen molar-refractivity contribution >= 4 is 23.2 Å². The Bertz CT molecular complexity index is 1330. The molecule has 4 aromatic rings. The van der Waals surface area contributed by atoms with Gasteiger partial charge < -0.3 is 14.3 Å². The molecule has 0 spiro atoms. The summed E-state index contributed by atoms with van der Waals surface area (Å²) in [5.41, 5.74) is 2.44. The summed E-state index contributed by atoms with van der Waals surface area (Å²) < 4.78 is 25.0. The van der Waals surface area contributed by atoms with Crippen molar-refractivity contribution in [2.24, 2.45) is 0 Å². The van der Waals surface area contributed by atoms with Crippen LogP contribution in [-0.4, -0.2) is 21.1 Å². The second kappa shape index (κ2) is 8.55. The van der Waals surface area contributed by atoms with Crippen LogP contribution in [0.4, 0.5) is 9.18 Å². The number of furan rings is 1. The van der Waals surface area contributed by atoms with Gasteiger partial charge in [-0.2, -0.15) is 4.98 Å². The number of urea groups is 1. The largest absolute Gasteiger partial charge is 0.467 e. The number of nitrogens with one attached hydrogen (secondary N) is 1. The summed E-state index contributed by atoms with van der Waals surface area (Å²) in [7, 11) is 0. The first kappa shape index (κ1) is 21.0. The fraction of sp³-hybridized carbons (Fsp3) is 0.125. The Hall–Kier alpha value is -3.91. The van der Waals surface area contributed by atoms with Gasteiger partial charge in [0.2, 0.25) is 5.82 Å². The molecule has 1 aliphatic rings. The minimum Gasteiger partial charge on any atom is -0.467 e. The van der Waals surface area contributed by atoms with E-state index >= 15 is 0 Å². The highest BCUT2D eigenvalue weighted by Gasteiger charge is 2.36. The molecule has 3 heterocycles. The van der Waals surface area contributed by atoms with Gasteiger partial charge in [0.15, 0.2) is 0 Å². The lowest BCUT2D eigenvalue weighted by Gasteiger charge is -2.34. The lowest BCUT2D eigenvalue weighted by molar-refractivity contribution is 0.199. The van der Waals surface area contributed by atoms with Crippen molar-refractivity contribution in [1.29, 1.82) is 0 Å². The predicted octanol–water partition coefficient (Wildman–Crippen LogP) is 5.82. The smallest absolute Gasteiger partial charge is 0.322 e. The topological polar surface area (TPSA) is 84.4 Å². The SMILES string of the molecule is CC1=C(c2nc(-c3ccc(Cl)cc3)no2)C(c2cccc(F)c2)NC(=O)N1Cc1ccco1. The molecule has 1 N–H and O–H groups in total. The maximum atomic E-state index is 14.0. The van der Waals surface area contributed by atoms with Crippen LogP contribution in [0.2, 0.25) is 5.02 Å².